The summed E-state index contributed by atoms with van der Waals surface area (Å²) in [5.74, 6) is -5.88. The fourth-order valence-electron chi connectivity index (χ4n) is 3.28. The van der Waals surface area contributed by atoms with E-state index in [-0.39, 0.29) is 10.7 Å². The number of carbonyl (C=O) groups is 3. The molecule has 1 aromatic heterocycles. The Kier molecular flexibility index (Phi) is 8.13. The van der Waals surface area contributed by atoms with Gasteiger partial charge in [-0.25, -0.2) is 0 Å². The van der Waals surface area contributed by atoms with Gasteiger partial charge in [0.05, 0.1) is 6.54 Å². The molecule has 0 radical (unpaired) electrons. The molecule has 0 aliphatic heterocycles. The number of benzene rings is 2. The first-order chi connectivity index (χ1) is 16.9. The number of aromatic nitrogens is 1. The van der Waals surface area contributed by atoms with Gasteiger partial charge in [0.15, 0.2) is 5.75 Å². The van der Waals surface area contributed by atoms with Gasteiger partial charge in [0.25, 0.3) is 17.4 Å². The third kappa shape index (κ3) is 5.73. The number of carboxylic acids is 1. The van der Waals surface area contributed by atoms with Crippen molar-refractivity contribution in [2.75, 3.05) is 11.9 Å². The first-order valence-electron chi connectivity index (χ1n) is 10.1. The van der Waals surface area contributed by atoms with Gasteiger partial charge < -0.3 is 26.0 Å². The average molecular weight is 555 g/mol. The summed E-state index contributed by atoms with van der Waals surface area (Å²) < 4.78 is 0.647. The molecule has 2 aromatic carbocycles. The van der Waals surface area contributed by atoms with Crippen LogP contribution in [0.15, 0.2) is 41.2 Å². The molecule has 2 amide bonds. The quantitative estimate of drug-likeness (QED) is 0.298. The van der Waals surface area contributed by atoms with Crippen molar-refractivity contribution in [2.45, 2.75) is 13.5 Å². The Balaban J connectivity index is 2.18. The van der Waals surface area contributed by atoms with Crippen LogP contribution in [0, 0.1) is 6.92 Å². The third-order valence-corrected chi connectivity index (χ3v) is 5.87. The van der Waals surface area contributed by atoms with E-state index in [4.69, 9.17) is 39.9 Å². The highest BCUT2D eigenvalue weighted by atomic mass is 35.5. The number of hydrogen-bond acceptors (Lipinski definition) is 6. The molecule has 0 spiro atoms. The van der Waals surface area contributed by atoms with Crippen LogP contribution < -0.4 is 16.2 Å². The Morgan fingerprint density at radius 2 is 1.58 bits per heavy atom. The summed E-state index contributed by atoms with van der Waals surface area (Å²) in [6.45, 7) is 0.371. The number of anilines is 1. The Bertz CT molecular complexity index is 1450. The fourth-order valence-corrected chi connectivity index (χ4v) is 3.97. The molecule has 1 heterocycles. The normalized spacial score (nSPS) is 10.7. The van der Waals surface area contributed by atoms with Gasteiger partial charge in [-0.15, -0.1) is 0 Å². The molecule has 0 atom stereocenters. The molecule has 10 nitrogen and oxygen atoms in total. The molecule has 0 bridgehead atoms. The summed E-state index contributed by atoms with van der Waals surface area (Å²) >= 11 is 18.0. The van der Waals surface area contributed by atoms with Crippen molar-refractivity contribution < 1.29 is 29.7 Å². The maximum absolute atomic E-state index is 13.3. The van der Waals surface area contributed by atoms with Crippen molar-refractivity contribution in [3.8, 4) is 11.6 Å². The van der Waals surface area contributed by atoms with Gasteiger partial charge in [0.1, 0.15) is 17.7 Å². The van der Waals surface area contributed by atoms with Gasteiger partial charge in [-0.1, -0.05) is 40.9 Å². The van der Waals surface area contributed by atoms with E-state index in [9.17, 15) is 29.4 Å². The molecule has 5 N–H and O–H groups in total. The third-order valence-electron chi connectivity index (χ3n) is 5.05. The number of aliphatic carboxylic acids is 1. The van der Waals surface area contributed by atoms with Crippen LogP contribution in [0.1, 0.15) is 31.8 Å². The number of aryl methyl sites for hydroxylation is 1. The molecule has 0 saturated carbocycles. The van der Waals surface area contributed by atoms with Gasteiger partial charge in [-0.2, -0.15) is 0 Å². The summed E-state index contributed by atoms with van der Waals surface area (Å²) in [5.41, 5.74) is -1.79. The predicted molar refractivity (Wildman–Crippen MR) is 134 cm³/mol. The molecule has 0 aliphatic carbocycles. The lowest BCUT2D eigenvalue weighted by molar-refractivity contribution is -0.135. The molecule has 3 aromatic rings. The Morgan fingerprint density at radius 3 is 2.19 bits per heavy atom. The molecule has 0 unspecified atom stereocenters. The summed E-state index contributed by atoms with van der Waals surface area (Å²) in [6, 6.07) is 8.84. The largest absolute Gasteiger partial charge is 0.506 e. The first kappa shape index (κ1) is 26.9. The second-order valence-corrected chi connectivity index (χ2v) is 8.82. The van der Waals surface area contributed by atoms with Gasteiger partial charge in [0, 0.05) is 20.8 Å². The SMILES string of the molecule is Cc1cc(Cl)ccc1NC(=O)c1c(O)c(C(=O)NCC(=O)O)c(O)n(Cc2ccc(Cl)cc2Cl)c1=O. The predicted octanol–water partition coefficient (Wildman–Crippen LogP) is 3.64. The van der Waals surface area contributed by atoms with Crippen molar-refractivity contribution in [1.29, 1.82) is 0 Å². The average Bonchev–Trinajstić information content (AvgIpc) is 2.78. The number of nitrogens with zero attached hydrogens (tertiary/aromatic N) is 1. The van der Waals surface area contributed by atoms with Crippen LogP contribution in [0.3, 0.4) is 0 Å². The van der Waals surface area contributed by atoms with E-state index < -0.39 is 59.2 Å². The maximum Gasteiger partial charge on any atom is 0.322 e. The second-order valence-electron chi connectivity index (χ2n) is 7.54. The number of carboxylic acid groups (broad SMARTS) is 1. The number of carbonyl (C=O) groups excluding carboxylic acids is 2. The molecule has 36 heavy (non-hydrogen) atoms. The highest BCUT2D eigenvalue weighted by molar-refractivity contribution is 6.35. The minimum atomic E-state index is -1.40. The van der Waals surface area contributed by atoms with E-state index in [1.54, 1.807) is 13.0 Å². The van der Waals surface area contributed by atoms with Crippen LogP contribution in [0.5, 0.6) is 11.6 Å². The van der Waals surface area contributed by atoms with Gasteiger partial charge >= 0.3 is 5.97 Å². The van der Waals surface area contributed by atoms with Crippen molar-refractivity contribution in [1.82, 2.24) is 9.88 Å². The standard InChI is InChI=1S/C23H18Cl3N3O7/c1-10-6-12(24)4-5-15(10)28-21(34)18-19(32)17(20(33)27-8-16(30)31)22(35)29(23(18)36)9-11-2-3-13(25)7-14(11)26/h2-7,32,35H,8-9H2,1H3,(H,27,33)(H,28,34)(H,30,31). The van der Waals surface area contributed by atoms with E-state index in [1.807, 2.05) is 5.32 Å². The van der Waals surface area contributed by atoms with Crippen LogP contribution >= 0.6 is 34.8 Å². The molecule has 0 aliphatic rings. The zero-order valence-electron chi connectivity index (χ0n) is 18.4. The van der Waals surface area contributed by atoms with Crippen molar-refractivity contribution >= 4 is 58.3 Å². The highest BCUT2D eigenvalue weighted by Crippen LogP contribution is 2.31. The molecular formula is C23H18Cl3N3O7. The summed E-state index contributed by atoms with van der Waals surface area (Å²) in [5, 5.41) is 35.6. The topological polar surface area (TPSA) is 158 Å². The Hall–Kier alpha value is -3.73. The van der Waals surface area contributed by atoms with E-state index in [2.05, 4.69) is 5.32 Å². The van der Waals surface area contributed by atoms with Gasteiger partial charge in [-0.3, -0.25) is 23.7 Å². The number of aromatic hydroxyl groups is 2. The summed E-state index contributed by atoms with van der Waals surface area (Å²) in [7, 11) is 0. The van der Waals surface area contributed by atoms with Crippen molar-refractivity contribution in [2.24, 2.45) is 0 Å². The number of nitrogens with one attached hydrogen (secondary N) is 2. The van der Waals surface area contributed by atoms with E-state index in [1.165, 1.54) is 30.3 Å². The number of amides is 2. The number of rotatable bonds is 7. The van der Waals surface area contributed by atoms with Gasteiger partial charge in [0.2, 0.25) is 5.88 Å². The van der Waals surface area contributed by atoms with E-state index in [0.717, 1.165) is 0 Å². The zero-order valence-corrected chi connectivity index (χ0v) is 20.7. The van der Waals surface area contributed by atoms with Gasteiger partial charge in [-0.05, 0) is 48.4 Å². The number of pyridine rings is 1. The monoisotopic (exact) mass is 553 g/mol. The lowest BCUT2D eigenvalue weighted by Gasteiger charge is -2.17. The summed E-state index contributed by atoms with van der Waals surface area (Å²) in [4.78, 5) is 49.9. The fraction of sp³-hybridized carbons (Fsp3) is 0.130. The van der Waals surface area contributed by atoms with Crippen molar-refractivity contribution in [3.63, 3.8) is 0 Å². The summed E-state index contributed by atoms with van der Waals surface area (Å²) in [6.07, 6.45) is 0. The molecule has 188 valence electrons. The number of hydrogen-bond donors (Lipinski definition) is 5. The molecule has 0 fully saturated rings. The van der Waals surface area contributed by atoms with Crippen LogP contribution in [0.25, 0.3) is 0 Å². The molecule has 13 heteroatoms. The minimum Gasteiger partial charge on any atom is -0.506 e. The Labute approximate surface area is 218 Å². The Morgan fingerprint density at radius 1 is 0.944 bits per heavy atom. The highest BCUT2D eigenvalue weighted by Gasteiger charge is 2.30. The lowest BCUT2D eigenvalue weighted by Crippen LogP contribution is -2.34. The van der Waals surface area contributed by atoms with Crippen LogP contribution in [-0.4, -0.2) is 44.2 Å². The minimum absolute atomic E-state index is 0.126. The second kappa shape index (κ2) is 10.9. The zero-order chi connectivity index (χ0) is 26.7. The molecule has 3 rings (SSSR count). The smallest absolute Gasteiger partial charge is 0.322 e. The maximum atomic E-state index is 13.3. The van der Waals surface area contributed by atoms with Crippen LogP contribution in [-0.2, 0) is 11.3 Å². The molecule has 0 saturated heterocycles. The van der Waals surface area contributed by atoms with Crippen LogP contribution in [0.2, 0.25) is 15.1 Å². The lowest BCUT2D eigenvalue weighted by atomic mass is 10.1. The number of halogens is 3. The first-order valence-corrected chi connectivity index (χ1v) is 11.2. The van der Waals surface area contributed by atoms with E-state index >= 15 is 0 Å². The van der Waals surface area contributed by atoms with Crippen LogP contribution in [0.4, 0.5) is 5.69 Å². The molecular weight excluding hydrogens is 537 g/mol. The van der Waals surface area contributed by atoms with Crippen molar-refractivity contribution in [3.05, 3.63) is 84.1 Å². The van der Waals surface area contributed by atoms with E-state index in [0.29, 0.717) is 25.7 Å².